The summed E-state index contributed by atoms with van der Waals surface area (Å²) in [4.78, 5) is 0. The fourth-order valence-electron chi connectivity index (χ4n) is 1.53. The molecule has 2 aromatic rings. The van der Waals surface area contributed by atoms with Crippen molar-refractivity contribution in [2.75, 3.05) is 5.32 Å². The van der Waals surface area contributed by atoms with Crippen LogP contribution in [0.5, 0.6) is 5.75 Å². The highest BCUT2D eigenvalue weighted by atomic mass is 127. The normalized spacial score (nSPS) is 10.4. The summed E-state index contributed by atoms with van der Waals surface area (Å²) in [7, 11) is 0. The molecule has 0 aromatic heterocycles. The van der Waals surface area contributed by atoms with E-state index in [1.54, 1.807) is 12.1 Å². The number of phenols is 1. The summed E-state index contributed by atoms with van der Waals surface area (Å²) >= 11 is 8.23. The molecule has 0 aliphatic heterocycles. The van der Waals surface area contributed by atoms with E-state index in [4.69, 9.17) is 11.6 Å². The standard InChI is InChI=1S/C13H10ClFINO/c14-10-6-9(16)4-5-12(10)17-7-8-2-1-3-11(15)13(8)18/h1-6,17-18H,7H2. The van der Waals surface area contributed by atoms with Gasteiger partial charge in [-0.05, 0) is 46.9 Å². The van der Waals surface area contributed by atoms with Gasteiger partial charge in [-0.15, -0.1) is 0 Å². The van der Waals surface area contributed by atoms with Gasteiger partial charge in [0, 0.05) is 15.7 Å². The van der Waals surface area contributed by atoms with Crippen molar-refractivity contribution in [2.45, 2.75) is 6.54 Å². The predicted octanol–water partition coefficient (Wildman–Crippen LogP) is 4.40. The van der Waals surface area contributed by atoms with Crippen molar-refractivity contribution >= 4 is 39.9 Å². The molecular weight excluding hydrogens is 368 g/mol. The number of aromatic hydroxyl groups is 1. The third kappa shape index (κ3) is 3.05. The lowest BCUT2D eigenvalue weighted by Gasteiger charge is -2.10. The first-order valence-corrected chi connectivity index (χ1v) is 6.69. The minimum Gasteiger partial charge on any atom is -0.505 e. The summed E-state index contributed by atoms with van der Waals surface area (Å²) in [6.45, 7) is 0.309. The molecule has 2 rings (SSSR count). The van der Waals surface area contributed by atoms with Crippen LogP contribution < -0.4 is 5.32 Å². The Hall–Kier alpha value is -1.01. The van der Waals surface area contributed by atoms with Crippen LogP contribution in [0, 0.1) is 9.39 Å². The molecule has 0 radical (unpaired) electrons. The van der Waals surface area contributed by atoms with Crippen LogP contribution in [0.2, 0.25) is 5.02 Å². The molecule has 0 saturated carbocycles. The van der Waals surface area contributed by atoms with Crippen LogP contribution in [0.4, 0.5) is 10.1 Å². The Labute approximate surface area is 123 Å². The Kier molecular flexibility index (Phi) is 4.29. The molecule has 0 saturated heterocycles. The van der Waals surface area contributed by atoms with Gasteiger partial charge in [0.25, 0.3) is 0 Å². The topological polar surface area (TPSA) is 32.3 Å². The fraction of sp³-hybridized carbons (Fsp3) is 0.0769. The number of hydrogen-bond acceptors (Lipinski definition) is 2. The van der Waals surface area contributed by atoms with Crippen molar-refractivity contribution in [3.63, 3.8) is 0 Å². The number of anilines is 1. The molecule has 0 bridgehead atoms. The van der Waals surface area contributed by atoms with Gasteiger partial charge in [0.1, 0.15) is 0 Å². The average Bonchev–Trinajstić information content (AvgIpc) is 2.33. The lowest BCUT2D eigenvalue weighted by Crippen LogP contribution is -2.01. The Morgan fingerprint density at radius 1 is 1.28 bits per heavy atom. The van der Waals surface area contributed by atoms with E-state index in [-0.39, 0.29) is 5.75 Å². The third-order valence-electron chi connectivity index (χ3n) is 2.47. The Balaban J connectivity index is 2.14. The molecule has 5 heteroatoms. The summed E-state index contributed by atoms with van der Waals surface area (Å²) in [5.41, 5.74) is 1.24. The van der Waals surface area contributed by atoms with Crippen LogP contribution in [-0.2, 0) is 6.54 Å². The van der Waals surface area contributed by atoms with Crippen LogP contribution in [0.1, 0.15) is 5.56 Å². The van der Waals surface area contributed by atoms with Gasteiger partial charge in [-0.3, -0.25) is 0 Å². The van der Waals surface area contributed by atoms with E-state index in [9.17, 15) is 9.50 Å². The predicted molar refractivity (Wildman–Crippen MR) is 79.6 cm³/mol. The second-order valence-corrected chi connectivity index (χ2v) is 5.38. The van der Waals surface area contributed by atoms with Gasteiger partial charge in [0.15, 0.2) is 11.6 Å². The molecule has 2 aromatic carbocycles. The smallest absolute Gasteiger partial charge is 0.165 e. The minimum absolute atomic E-state index is 0.309. The molecule has 2 nitrogen and oxygen atoms in total. The van der Waals surface area contributed by atoms with Crippen molar-refractivity contribution in [2.24, 2.45) is 0 Å². The molecule has 0 heterocycles. The van der Waals surface area contributed by atoms with Gasteiger partial charge in [-0.25, -0.2) is 4.39 Å². The van der Waals surface area contributed by atoms with E-state index in [0.717, 1.165) is 9.26 Å². The van der Waals surface area contributed by atoms with E-state index >= 15 is 0 Å². The van der Waals surface area contributed by atoms with Crippen molar-refractivity contribution in [3.05, 3.63) is 56.4 Å². The number of nitrogens with one attached hydrogen (secondary N) is 1. The van der Waals surface area contributed by atoms with Crippen molar-refractivity contribution < 1.29 is 9.50 Å². The Morgan fingerprint density at radius 3 is 2.78 bits per heavy atom. The maximum Gasteiger partial charge on any atom is 0.165 e. The summed E-state index contributed by atoms with van der Waals surface area (Å²) in [5, 5.41) is 13.2. The summed E-state index contributed by atoms with van der Waals surface area (Å²) in [6, 6.07) is 10.0. The van der Waals surface area contributed by atoms with E-state index in [0.29, 0.717) is 17.1 Å². The number of para-hydroxylation sites is 1. The molecule has 0 atom stereocenters. The molecule has 18 heavy (non-hydrogen) atoms. The molecule has 0 unspecified atom stereocenters. The largest absolute Gasteiger partial charge is 0.505 e. The van der Waals surface area contributed by atoms with Crippen LogP contribution in [0.15, 0.2) is 36.4 Å². The highest BCUT2D eigenvalue weighted by Gasteiger charge is 2.07. The molecule has 94 valence electrons. The van der Waals surface area contributed by atoms with Crippen LogP contribution in [0.25, 0.3) is 0 Å². The van der Waals surface area contributed by atoms with Crippen LogP contribution in [-0.4, -0.2) is 5.11 Å². The SMILES string of the molecule is Oc1c(F)cccc1CNc1ccc(I)cc1Cl. The number of rotatable bonds is 3. The van der Waals surface area contributed by atoms with E-state index < -0.39 is 5.82 Å². The highest BCUT2D eigenvalue weighted by molar-refractivity contribution is 14.1. The third-order valence-corrected chi connectivity index (χ3v) is 3.45. The Bertz CT molecular complexity index is 577. The van der Waals surface area contributed by atoms with E-state index in [1.165, 1.54) is 6.07 Å². The molecule has 0 aliphatic carbocycles. The quantitative estimate of drug-likeness (QED) is 0.777. The summed E-state index contributed by atoms with van der Waals surface area (Å²) in [5.74, 6) is -0.949. The molecule has 2 N–H and O–H groups in total. The van der Waals surface area contributed by atoms with Crippen molar-refractivity contribution in [1.29, 1.82) is 0 Å². The molecule has 0 amide bonds. The van der Waals surface area contributed by atoms with Crippen LogP contribution >= 0.6 is 34.2 Å². The molecule has 0 fully saturated rings. The zero-order chi connectivity index (χ0) is 13.1. The van der Waals surface area contributed by atoms with Gasteiger partial charge in [-0.1, -0.05) is 23.7 Å². The van der Waals surface area contributed by atoms with Crippen LogP contribution in [0.3, 0.4) is 0 Å². The number of phenolic OH excluding ortho intramolecular Hbond substituents is 1. The highest BCUT2D eigenvalue weighted by Crippen LogP contribution is 2.26. The first-order valence-electron chi connectivity index (χ1n) is 5.23. The second kappa shape index (κ2) is 5.75. The molecule has 0 aliphatic rings. The van der Waals surface area contributed by atoms with Gasteiger partial charge in [0.05, 0.1) is 10.7 Å². The average molecular weight is 378 g/mol. The first-order chi connectivity index (χ1) is 8.58. The van der Waals surface area contributed by atoms with Gasteiger partial charge in [-0.2, -0.15) is 0 Å². The lowest BCUT2D eigenvalue weighted by atomic mass is 10.2. The van der Waals surface area contributed by atoms with Gasteiger partial charge >= 0.3 is 0 Å². The maximum absolute atomic E-state index is 13.1. The summed E-state index contributed by atoms with van der Waals surface area (Å²) in [6.07, 6.45) is 0. The minimum atomic E-state index is -0.622. The summed E-state index contributed by atoms with van der Waals surface area (Å²) < 4.78 is 14.2. The first kappa shape index (κ1) is 13.4. The van der Waals surface area contributed by atoms with Crippen molar-refractivity contribution in [1.82, 2.24) is 0 Å². The van der Waals surface area contributed by atoms with E-state index in [2.05, 4.69) is 27.9 Å². The van der Waals surface area contributed by atoms with Gasteiger partial charge < -0.3 is 10.4 Å². The zero-order valence-corrected chi connectivity index (χ0v) is 12.2. The molecule has 0 spiro atoms. The number of halogens is 3. The monoisotopic (exact) mass is 377 g/mol. The maximum atomic E-state index is 13.1. The lowest BCUT2D eigenvalue weighted by molar-refractivity contribution is 0.427. The number of benzene rings is 2. The fourth-order valence-corrected chi connectivity index (χ4v) is 2.45. The van der Waals surface area contributed by atoms with E-state index in [1.807, 2.05) is 18.2 Å². The second-order valence-electron chi connectivity index (χ2n) is 3.73. The molecular formula is C13H10ClFINO. The Morgan fingerprint density at radius 2 is 2.06 bits per heavy atom. The zero-order valence-electron chi connectivity index (χ0n) is 9.25. The van der Waals surface area contributed by atoms with Crippen molar-refractivity contribution in [3.8, 4) is 5.75 Å². The number of hydrogen-bond donors (Lipinski definition) is 2. The van der Waals surface area contributed by atoms with Gasteiger partial charge in [0.2, 0.25) is 0 Å².